The molecule has 0 unspecified atom stereocenters. The first-order chi connectivity index (χ1) is 15.7. The topological polar surface area (TPSA) is 83.1 Å². The molecule has 1 heterocycles. The maximum Gasteiger partial charge on any atom is 0.255 e. The molecule has 4 aromatic rings. The van der Waals surface area contributed by atoms with E-state index in [1.807, 2.05) is 66.7 Å². The number of pyridine rings is 1. The monoisotopic (exact) mass is 424 g/mol. The van der Waals surface area contributed by atoms with Gasteiger partial charge in [0.25, 0.3) is 5.91 Å². The van der Waals surface area contributed by atoms with Crippen LogP contribution >= 0.6 is 0 Å². The number of hydrogen-bond acceptors (Lipinski definition) is 4. The lowest BCUT2D eigenvalue weighted by molar-refractivity contribution is -0.116. The third kappa shape index (κ3) is 5.77. The molecule has 0 radical (unpaired) electrons. The summed E-state index contributed by atoms with van der Waals surface area (Å²) in [7, 11) is 0. The number of amides is 2. The second-order valence-electron chi connectivity index (χ2n) is 7.43. The Hall–Kier alpha value is -4.03. The molecule has 0 fully saturated rings. The molecule has 0 saturated heterocycles. The van der Waals surface area contributed by atoms with Crippen LogP contribution in [-0.4, -0.2) is 23.3 Å². The molecule has 32 heavy (non-hydrogen) atoms. The van der Waals surface area contributed by atoms with Gasteiger partial charge in [-0.15, -0.1) is 0 Å². The van der Waals surface area contributed by atoms with Crippen molar-refractivity contribution in [2.75, 3.05) is 17.2 Å². The van der Waals surface area contributed by atoms with Gasteiger partial charge in [0.05, 0.1) is 0 Å². The van der Waals surface area contributed by atoms with E-state index in [4.69, 9.17) is 0 Å². The van der Waals surface area contributed by atoms with Gasteiger partial charge in [-0.2, -0.15) is 0 Å². The van der Waals surface area contributed by atoms with Crippen molar-refractivity contribution in [1.82, 2.24) is 10.3 Å². The largest absolute Gasteiger partial charge is 0.326 e. The van der Waals surface area contributed by atoms with E-state index in [0.29, 0.717) is 25.1 Å². The van der Waals surface area contributed by atoms with Crippen LogP contribution in [0.2, 0.25) is 0 Å². The normalized spacial score (nSPS) is 10.6. The minimum Gasteiger partial charge on any atom is -0.326 e. The fourth-order valence-corrected chi connectivity index (χ4v) is 3.32. The van der Waals surface area contributed by atoms with Crippen LogP contribution < -0.4 is 16.0 Å². The van der Waals surface area contributed by atoms with Crippen LogP contribution in [-0.2, 0) is 11.3 Å². The smallest absolute Gasteiger partial charge is 0.255 e. The Balaban J connectivity index is 1.20. The standard InChI is InChI=1S/C26H24N4O2/c31-25(29-24-11-10-22-18-28-14-12-21(22)16-24)13-15-27-17-19-6-8-20(9-7-19)26(32)30-23-4-2-1-3-5-23/h1-12,14,16,18,27H,13,15,17H2,(H,29,31)(H,30,32). The number of nitrogens with one attached hydrogen (secondary N) is 3. The van der Waals surface area contributed by atoms with Crippen LogP contribution in [0.4, 0.5) is 11.4 Å². The molecular weight excluding hydrogens is 400 g/mol. The molecule has 6 heteroatoms. The number of hydrogen-bond donors (Lipinski definition) is 3. The second kappa shape index (κ2) is 10.3. The summed E-state index contributed by atoms with van der Waals surface area (Å²) in [5.74, 6) is -0.184. The van der Waals surface area contributed by atoms with Crippen LogP contribution in [0.25, 0.3) is 10.8 Å². The van der Waals surface area contributed by atoms with Gasteiger partial charge in [0.2, 0.25) is 5.91 Å². The zero-order valence-electron chi connectivity index (χ0n) is 17.5. The molecule has 0 spiro atoms. The quantitative estimate of drug-likeness (QED) is 0.361. The number of benzene rings is 3. The number of fused-ring (bicyclic) bond motifs is 1. The highest BCUT2D eigenvalue weighted by Crippen LogP contribution is 2.18. The summed E-state index contributed by atoms with van der Waals surface area (Å²) in [4.78, 5) is 28.6. The number of carbonyl (C=O) groups excluding carboxylic acids is 2. The van der Waals surface area contributed by atoms with Gasteiger partial charge in [0, 0.05) is 54.2 Å². The van der Waals surface area contributed by atoms with Gasteiger partial charge in [0.15, 0.2) is 0 Å². The summed E-state index contributed by atoms with van der Waals surface area (Å²) in [5.41, 5.74) is 3.19. The summed E-state index contributed by atoms with van der Waals surface area (Å²) in [5, 5.41) is 11.1. The van der Waals surface area contributed by atoms with Gasteiger partial charge in [0.1, 0.15) is 0 Å². The van der Waals surface area contributed by atoms with Gasteiger partial charge >= 0.3 is 0 Å². The fourth-order valence-electron chi connectivity index (χ4n) is 3.32. The predicted octanol–water partition coefficient (Wildman–Crippen LogP) is 4.61. The van der Waals surface area contributed by atoms with Crippen molar-refractivity contribution in [3.8, 4) is 0 Å². The Morgan fingerprint density at radius 2 is 1.59 bits per heavy atom. The number of rotatable bonds is 8. The van der Waals surface area contributed by atoms with E-state index in [-0.39, 0.29) is 11.8 Å². The van der Waals surface area contributed by atoms with E-state index >= 15 is 0 Å². The Morgan fingerprint density at radius 1 is 0.781 bits per heavy atom. The molecule has 6 nitrogen and oxygen atoms in total. The highest BCUT2D eigenvalue weighted by molar-refractivity contribution is 6.04. The Labute approximate surface area is 186 Å². The Kier molecular flexibility index (Phi) is 6.84. The lowest BCUT2D eigenvalue weighted by Gasteiger charge is -2.09. The maximum absolute atomic E-state index is 12.3. The minimum atomic E-state index is -0.141. The number of para-hydroxylation sites is 1. The fraction of sp³-hybridized carbons (Fsp3) is 0.115. The molecule has 0 aliphatic carbocycles. The molecule has 0 bridgehead atoms. The molecule has 3 N–H and O–H groups in total. The number of aromatic nitrogens is 1. The summed E-state index contributed by atoms with van der Waals surface area (Å²) in [6.45, 7) is 1.18. The number of carbonyl (C=O) groups is 2. The van der Waals surface area contributed by atoms with Gasteiger partial charge in [-0.25, -0.2) is 0 Å². The molecule has 3 aromatic carbocycles. The first-order valence-electron chi connectivity index (χ1n) is 10.5. The lowest BCUT2D eigenvalue weighted by atomic mass is 10.1. The van der Waals surface area contributed by atoms with Crippen molar-refractivity contribution >= 4 is 34.0 Å². The van der Waals surface area contributed by atoms with Crippen molar-refractivity contribution in [3.05, 3.63) is 102 Å². The van der Waals surface area contributed by atoms with E-state index in [0.717, 1.165) is 27.7 Å². The van der Waals surface area contributed by atoms with Gasteiger partial charge in [-0.3, -0.25) is 14.6 Å². The van der Waals surface area contributed by atoms with Gasteiger partial charge in [-0.1, -0.05) is 36.4 Å². The molecule has 0 saturated carbocycles. The average Bonchev–Trinajstić information content (AvgIpc) is 2.83. The highest BCUT2D eigenvalue weighted by Gasteiger charge is 2.06. The van der Waals surface area contributed by atoms with E-state index in [2.05, 4.69) is 20.9 Å². The molecule has 0 aliphatic heterocycles. The molecule has 160 valence electrons. The van der Waals surface area contributed by atoms with Crippen LogP contribution in [0.3, 0.4) is 0 Å². The summed E-state index contributed by atoms with van der Waals surface area (Å²) in [6, 6.07) is 24.5. The molecule has 0 aliphatic rings. The van der Waals surface area contributed by atoms with Crippen molar-refractivity contribution in [2.24, 2.45) is 0 Å². The second-order valence-corrected chi connectivity index (χ2v) is 7.43. The van der Waals surface area contributed by atoms with Crippen molar-refractivity contribution in [1.29, 1.82) is 0 Å². The number of anilines is 2. The third-order valence-electron chi connectivity index (χ3n) is 5.03. The SMILES string of the molecule is O=C(CCNCc1ccc(C(=O)Nc2ccccc2)cc1)Nc1ccc2cnccc2c1. The average molecular weight is 425 g/mol. The molecule has 4 rings (SSSR count). The molecule has 1 aromatic heterocycles. The van der Waals surface area contributed by atoms with Crippen molar-refractivity contribution < 1.29 is 9.59 Å². The summed E-state index contributed by atoms with van der Waals surface area (Å²) >= 11 is 0. The van der Waals surface area contributed by atoms with E-state index in [1.165, 1.54) is 0 Å². The minimum absolute atomic E-state index is 0.0427. The van der Waals surface area contributed by atoms with Crippen LogP contribution in [0, 0.1) is 0 Å². The molecule has 0 atom stereocenters. The third-order valence-corrected chi connectivity index (χ3v) is 5.03. The Morgan fingerprint density at radius 3 is 2.41 bits per heavy atom. The summed E-state index contributed by atoms with van der Waals surface area (Å²) in [6.07, 6.45) is 3.90. The Bertz CT molecular complexity index is 1210. The van der Waals surface area contributed by atoms with E-state index in [1.54, 1.807) is 24.5 Å². The van der Waals surface area contributed by atoms with Crippen LogP contribution in [0.5, 0.6) is 0 Å². The van der Waals surface area contributed by atoms with Crippen LogP contribution in [0.15, 0.2) is 91.3 Å². The maximum atomic E-state index is 12.3. The first-order valence-corrected chi connectivity index (χ1v) is 10.5. The predicted molar refractivity (Wildman–Crippen MR) is 128 cm³/mol. The zero-order chi connectivity index (χ0) is 22.2. The molecule has 2 amide bonds. The zero-order valence-corrected chi connectivity index (χ0v) is 17.5. The van der Waals surface area contributed by atoms with Crippen molar-refractivity contribution in [3.63, 3.8) is 0 Å². The first kappa shape index (κ1) is 21.2. The van der Waals surface area contributed by atoms with Gasteiger partial charge < -0.3 is 16.0 Å². The summed E-state index contributed by atoms with van der Waals surface area (Å²) < 4.78 is 0. The van der Waals surface area contributed by atoms with E-state index in [9.17, 15) is 9.59 Å². The lowest BCUT2D eigenvalue weighted by Crippen LogP contribution is -2.21. The van der Waals surface area contributed by atoms with Crippen LogP contribution in [0.1, 0.15) is 22.3 Å². The highest BCUT2D eigenvalue weighted by atomic mass is 16.2. The van der Waals surface area contributed by atoms with E-state index < -0.39 is 0 Å². The molecular formula is C26H24N4O2. The number of nitrogens with zero attached hydrogens (tertiary/aromatic N) is 1. The van der Waals surface area contributed by atoms with Gasteiger partial charge in [-0.05, 0) is 53.4 Å². The van der Waals surface area contributed by atoms with Crippen molar-refractivity contribution in [2.45, 2.75) is 13.0 Å².